The van der Waals surface area contributed by atoms with Crippen LogP contribution < -0.4 is 23.2 Å². The normalized spacial score (nSPS) is 13.1. The van der Waals surface area contributed by atoms with Gasteiger partial charge in [0, 0.05) is 22.4 Å². The quantitative estimate of drug-likeness (QED) is 0.374. The van der Waals surface area contributed by atoms with Gasteiger partial charge in [-0.2, -0.15) is 4.57 Å². The minimum absolute atomic E-state index is 0.967. The van der Waals surface area contributed by atoms with Crippen LogP contribution in [0, 0.1) is 10.2 Å². The molecule has 6 heteroatoms. The fraction of sp³-hybridized carbons (Fsp3) is 0.0625. The van der Waals surface area contributed by atoms with E-state index in [-0.39, 0.29) is 0 Å². The molecule has 5 nitrogen and oxygen atoms in total. The first-order chi connectivity index (χ1) is 10.4. The first-order valence-corrected chi connectivity index (χ1v) is 7.79. The molecule has 3 aromatic rings. The van der Waals surface area contributed by atoms with Crippen LogP contribution >= 0.6 is 0 Å². The average molecular weight is 318 g/mol. The van der Waals surface area contributed by atoms with E-state index in [1.165, 1.54) is 27.4 Å². The van der Waals surface area contributed by atoms with Crippen LogP contribution in [0.1, 0.15) is 5.56 Å². The monoisotopic (exact) mass is 317 g/mol. The zero-order valence-corrected chi connectivity index (χ0v) is 12.2. The lowest BCUT2D eigenvalue weighted by molar-refractivity contribution is -2.00. The SMILES string of the molecule is C1=Cc2cccc3cc4ccccc4[n+](c23)C1.[O-][Cl+3]([O-])([O-])[O-]. The Morgan fingerprint density at radius 1 is 0.864 bits per heavy atom. The fourth-order valence-electron chi connectivity index (χ4n) is 2.76. The smallest absolute Gasteiger partial charge is 0.220 e. The Bertz CT molecular complexity index is 865. The summed E-state index contributed by atoms with van der Waals surface area (Å²) in [5.41, 5.74) is 3.99. The van der Waals surface area contributed by atoms with Gasteiger partial charge in [0.15, 0.2) is 6.54 Å². The van der Waals surface area contributed by atoms with E-state index in [2.05, 4.69) is 65.3 Å². The van der Waals surface area contributed by atoms with Crippen molar-refractivity contribution < 1.29 is 33.4 Å². The van der Waals surface area contributed by atoms with Crippen molar-refractivity contribution in [1.82, 2.24) is 0 Å². The minimum Gasteiger partial charge on any atom is -0.222 e. The molecule has 0 amide bonds. The van der Waals surface area contributed by atoms with Crippen LogP contribution in [0.3, 0.4) is 0 Å². The van der Waals surface area contributed by atoms with Gasteiger partial charge in [-0.25, -0.2) is 18.6 Å². The summed E-state index contributed by atoms with van der Waals surface area (Å²) in [6, 6.07) is 17.4. The Hall–Kier alpha value is -2.02. The molecule has 22 heavy (non-hydrogen) atoms. The maximum atomic E-state index is 8.49. The predicted octanol–water partition coefficient (Wildman–Crippen LogP) is -1.45. The highest BCUT2D eigenvalue weighted by Crippen LogP contribution is 2.23. The third-order valence-electron chi connectivity index (χ3n) is 3.49. The Morgan fingerprint density at radius 3 is 2.32 bits per heavy atom. The average Bonchev–Trinajstić information content (AvgIpc) is 2.46. The largest absolute Gasteiger partial charge is 0.222 e. The van der Waals surface area contributed by atoms with Crippen molar-refractivity contribution in [1.29, 1.82) is 0 Å². The molecular weight excluding hydrogens is 306 g/mol. The summed E-state index contributed by atoms with van der Waals surface area (Å²) in [7, 11) is -4.94. The third-order valence-corrected chi connectivity index (χ3v) is 3.49. The van der Waals surface area contributed by atoms with Crippen molar-refractivity contribution in [3.8, 4) is 0 Å². The van der Waals surface area contributed by atoms with Gasteiger partial charge in [0.1, 0.15) is 0 Å². The molecule has 4 rings (SSSR count). The molecule has 0 radical (unpaired) electrons. The highest BCUT2D eigenvalue weighted by Gasteiger charge is 2.18. The lowest BCUT2D eigenvalue weighted by Gasteiger charge is -2.17. The summed E-state index contributed by atoms with van der Waals surface area (Å²) in [5, 5.41) is 2.64. The number of hydrogen-bond donors (Lipinski definition) is 0. The van der Waals surface area contributed by atoms with Crippen molar-refractivity contribution in [2.45, 2.75) is 6.54 Å². The summed E-state index contributed by atoms with van der Waals surface area (Å²) in [4.78, 5) is 0. The number of benzene rings is 2. The Balaban J connectivity index is 0.000000254. The van der Waals surface area contributed by atoms with E-state index in [1.807, 2.05) is 0 Å². The highest BCUT2D eigenvalue weighted by atomic mass is 35.7. The summed E-state index contributed by atoms with van der Waals surface area (Å²) in [6.07, 6.45) is 4.45. The number of allylic oxidation sites excluding steroid dienone is 1. The van der Waals surface area contributed by atoms with E-state index in [0.29, 0.717) is 0 Å². The zero-order valence-electron chi connectivity index (χ0n) is 11.4. The number of halogens is 1. The summed E-state index contributed by atoms with van der Waals surface area (Å²) in [6.45, 7) is 0.967. The Kier molecular flexibility index (Phi) is 3.82. The molecule has 0 aliphatic carbocycles. The van der Waals surface area contributed by atoms with Crippen molar-refractivity contribution in [3.05, 3.63) is 60.2 Å². The molecule has 0 bridgehead atoms. The van der Waals surface area contributed by atoms with E-state index in [1.54, 1.807) is 0 Å². The number of fused-ring (bicyclic) bond motifs is 2. The van der Waals surface area contributed by atoms with Gasteiger partial charge < -0.3 is 0 Å². The molecule has 1 aliphatic heterocycles. The van der Waals surface area contributed by atoms with Crippen LogP contribution in [-0.2, 0) is 6.54 Å². The van der Waals surface area contributed by atoms with Crippen molar-refractivity contribution in [2.75, 3.05) is 0 Å². The second-order valence-electron chi connectivity index (χ2n) is 4.88. The van der Waals surface area contributed by atoms with E-state index in [9.17, 15) is 0 Å². The second kappa shape index (κ2) is 5.64. The standard InChI is InChI=1S/C16H12N.ClHO4/c1-2-9-15-13(5-1)11-14-7-3-6-12-8-4-10-17(15)16(12)14;2-1(3,4)5/h1-9,11H,10H2;(H,2,3,4,5)/q+1;/p-1. The number of nitrogens with zero attached hydrogens (tertiary/aromatic N) is 1. The maximum Gasteiger partial charge on any atom is 0.220 e. The summed E-state index contributed by atoms with van der Waals surface area (Å²) < 4.78 is 36.4. The molecule has 1 aliphatic rings. The van der Waals surface area contributed by atoms with Crippen LogP contribution in [-0.4, -0.2) is 0 Å². The van der Waals surface area contributed by atoms with Crippen LogP contribution in [0.4, 0.5) is 0 Å². The van der Waals surface area contributed by atoms with Crippen LogP contribution in [0.2, 0.25) is 0 Å². The van der Waals surface area contributed by atoms with Gasteiger partial charge in [0.25, 0.3) is 0 Å². The lowest BCUT2D eigenvalue weighted by Crippen LogP contribution is -2.68. The molecule has 1 aromatic heterocycles. The van der Waals surface area contributed by atoms with E-state index >= 15 is 0 Å². The summed E-state index contributed by atoms with van der Waals surface area (Å²) in [5.74, 6) is 0. The maximum absolute atomic E-state index is 8.49. The Morgan fingerprint density at radius 2 is 1.55 bits per heavy atom. The molecule has 0 fully saturated rings. The highest BCUT2D eigenvalue weighted by molar-refractivity contribution is 5.93. The number of hydrogen-bond acceptors (Lipinski definition) is 4. The predicted molar refractivity (Wildman–Crippen MR) is 70.7 cm³/mol. The number of pyridine rings is 1. The first kappa shape index (κ1) is 14.9. The zero-order chi connectivity index (χ0) is 15.7. The van der Waals surface area contributed by atoms with Gasteiger partial charge in [0.05, 0.1) is 0 Å². The molecule has 0 spiro atoms. The van der Waals surface area contributed by atoms with Crippen molar-refractivity contribution in [3.63, 3.8) is 0 Å². The molecular formula is C16H12ClNO4. The van der Waals surface area contributed by atoms with Gasteiger partial charge in [-0.15, -0.1) is 10.2 Å². The van der Waals surface area contributed by atoms with Crippen molar-refractivity contribution >= 4 is 27.9 Å². The minimum atomic E-state index is -4.94. The number of aromatic nitrogens is 1. The van der Waals surface area contributed by atoms with Crippen LogP contribution in [0.5, 0.6) is 0 Å². The van der Waals surface area contributed by atoms with E-state index in [4.69, 9.17) is 18.6 Å². The topological polar surface area (TPSA) is 96.1 Å². The van der Waals surface area contributed by atoms with Gasteiger partial charge in [-0.1, -0.05) is 18.2 Å². The van der Waals surface area contributed by atoms with E-state index < -0.39 is 10.2 Å². The lowest BCUT2D eigenvalue weighted by atomic mass is 10.0. The molecule has 0 saturated heterocycles. The van der Waals surface area contributed by atoms with Crippen LogP contribution in [0.15, 0.2) is 54.6 Å². The number of rotatable bonds is 0. The van der Waals surface area contributed by atoms with Gasteiger partial charge in [-0.05, 0) is 36.4 Å². The van der Waals surface area contributed by atoms with Gasteiger partial charge in [-0.3, -0.25) is 0 Å². The molecule has 2 heterocycles. The first-order valence-electron chi connectivity index (χ1n) is 6.56. The van der Waals surface area contributed by atoms with Gasteiger partial charge in [0.2, 0.25) is 11.0 Å². The molecule has 112 valence electrons. The Labute approximate surface area is 128 Å². The van der Waals surface area contributed by atoms with Gasteiger partial charge >= 0.3 is 0 Å². The third kappa shape index (κ3) is 3.09. The second-order valence-corrected chi connectivity index (χ2v) is 5.64. The fourth-order valence-corrected chi connectivity index (χ4v) is 2.76. The van der Waals surface area contributed by atoms with Crippen molar-refractivity contribution in [2.24, 2.45) is 0 Å². The molecule has 0 saturated carbocycles. The van der Waals surface area contributed by atoms with Crippen LogP contribution in [0.25, 0.3) is 27.9 Å². The number of para-hydroxylation sites is 2. The molecule has 0 N–H and O–H groups in total. The molecule has 0 unspecified atom stereocenters. The molecule has 0 atom stereocenters. The van der Waals surface area contributed by atoms with E-state index in [0.717, 1.165) is 6.54 Å². The summed E-state index contributed by atoms with van der Waals surface area (Å²) >= 11 is 0. The molecule has 2 aromatic carbocycles.